The number of nitrogens with zero attached hydrogens (tertiary/aromatic N) is 2. The molecule has 0 unspecified atom stereocenters. The number of H-pyrrole nitrogens is 2. The molecule has 12 bridgehead atoms. The summed E-state index contributed by atoms with van der Waals surface area (Å²) in [7, 11) is 0. The first-order chi connectivity index (χ1) is 25.3. The van der Waals surface area contributed by atoms with Gasteiger partial charge in [-0.15, -0.1) is 0 Å². The van der Waals surface area contributed by atoms with Crippen LogP contribution in [0, 0.1) is 27.7 Å². The number of para-hydroxylation sites is 2. The quantitative estimate of drug-likeness (QED) is 0.160. The summed E-state index contributed by atoms with van der Waals surface area (Å²) in [6.07, 6.45) is 8.26. The van der Waals surface area contributed by atoms with Crippen LogP contribution in [0.25, 0.3) is 68.6 Å². The Morgan fingerprint density at radius 1 is 0.481 bits per heavy atom. The van der Waals surface area contributed by atoms with E-state index in [0.717, 1.165) is 87.5 Å². The van der Waals surface area contributed by atoms with Crippen LogP contribution in [0.2, 0.25) is 0 Å². The van der Waals surface area contributed by atoms with Crippen molar-refractivity contribution in [3.05, 3.63) is 138 Å². The van der Waals surface area contributed by atoms with Gasteiger partial charge in [0.15, 0.2) is 0 Å². The third kappa shape index (κ3) is 5.35. The van der Waals surface area contributed by atoms with Crippen LogP contribution in [-0.2, 0) is 13.2 Å². The average Bonchev–Trinajstić information content (AvgIpc) is 4.00. The Morgan fingerprint density at radius 2 is 0.846 bits per heavy atom. The Morgan fingerprint density at radius 3 is 1.27 bits per heavy atom. The maximum atomic E-state index is 6.80. The van der Waals surface area contributed by atoms with Crippen molar-refractivity contribution in [1.82, 2.24) is 19.9 Å². The van der Waals surface area contributed by atoms with Gasteiger partial charge in [0.1, 0.15) is 24.7 Å². The van der Waals surface area contributed by atoms with Crippen molar-refractivity contribution in [2.75, 3.05) is 0 Å². The smallest absolute Gasteiger partial charge is 0.127 e. The summed E-state index contributed by atoms with van der Waals surface area (Å²) in [5.74, 6) is 1.56. The summed E-state index contributed by atoms with van der Waals surface area (Å²) >= 11 is 7.82. The Bertz CT molecular complexity index is 2500. The van der Waals surface area contributed by atoms with E-state index < -0.39 is 0 Å². The molecule has 0 saturated carbocycles. The van der Waals surface area contributed by atoms with Crippen LogP contribution < -0.4 is 9.47 Å². The molecule has 8 heteroatoms. The number of aromatic nitrogens is 4. The molecule has 0 aliphatic carbocycles. The van der Waals surface area contributed by atoms with Gasteiger partial charge in [0.25, 0.3) is 0 Å². The number of hydrogen-bond donors (Lipinski definition) is 2. The Kier molecular flexibility index (Phi) is 8.05. The molecule has 3 aromatic carbocycles. The normalized spacial score (nSPS) is 13.2. The van der Waals surface area contributed by atoms with Gasteiger partial charge in [0.05, 0.1) is 42.8 Å². The lowest BCUT2D eigenvalue weighted by molar-refractivity contribution is 0.301. The van der Waals surface area contributed by atoms with Crippen LogP contribution in [0.15, 0.2) is 81.7 Å². The molecule has 6 aliphatic heterocycles. The van der Waals surface area contributed by atoms with Crippen LogP contribution in [0.4, 0.5) is 0 Å². The van der Waals surface area contributed by atoms with E-state index in [0.29, 0.717) is 13.2 Å². The molecule has 0 saturated heterocycles. The minimum Gasteiger partial charge on any atom is -0.488 e. The van der Waals surface area contributed by atoms with Crippen molar-refractivity contribution in [1.29, 1.82) is 0 Å². The molecule has 0 spiro atoms. The van der Waals surface area contributed by atoms with Crippen molar-refractivity contribution in [2.24, 2.45) is 0 Å². The summed E-state index contributed by atoms with van der Waals surface area (Å²) in [5.41, 5.74) is 17.9. The SMILES string of the molecule is Cc1c(C)c2c(C)c(C)c1COc1ccccc1-c1c3nc(c(Br)c4ccc([nH]4)c(c4nc(c(Br)c5ccc1[nH]5)C=C4)-c1ccccc1OC2)C=C3. The molecule has 9 heterocycles. The van der Waals surface area contributed by atoms with Crippen molar-refractivity contribution in [3.63, 3.8) is 0 Å². The fourth-order valence-electron chi connectivity index (χ4n) is 7.50. The van der Waals surface area contributed by atoms with Gasteiger partial charge < -0.3 is 19.4 Å². The Labute approximate surface area is 318 Å². The molecular formula is C44H34Br2N4O2. The van der Waals surface area contributed by atoms with E-state index in [1.165, 1.54) is 33.4 Å². The molecule has 6 aromatic rings. The molecule has 12 rings (SSSR count). The maximum absolute atomic E-state index is 6.80. The van der Waals surface area contributed by atoms with E-state index in [-0.39, 0.29) is 0 Å². The highest BCUT2D eigenvalue weighted by molar-refractivity contribution is 9.11. The summed E-state index contributed by atoms with van der Waals surface area (Å²) in [6.45, 7) is 9.63. The van der Waals surface area contributed by atoms with Gasteiger partial charge in [-0.1, -0.05) is 36.4 Å². The monoisotopic (exact) mass is 808 g/mol. The largest absolute Gasteiger partial charge is 0.488 e. The van der Waals surface area contributed by atoms with Gasteiger partial charge in [-0.2, -0.15) is 0 Å². The first kappa shape index (κ1) is 32.7. The topological polar surface area (TPSA) is 75.8 Å². The van der Waals surface area contributed by atoms with E-state index in [1.54, 1.807) is 0 Å². The van der Waals surface area contributed by atoms with E-state index in [4.69, 9.17) is 19.4 Å². The zero-order valence-corrected chi connectivity index (χ0v) is 32.3. The highest BCUT2D eigenvalue weighted by Gasteiger charge is 2.22. The molecular weight excluding hydrogens is 776 g/mol. The van der Waals surface area contributed by atoms with Gasteiger partial charge in [-0.05, 0) is 154 Å². The summed E-state index contributed by atoms with van der Waals surface area (Å²) in [5, 5.41) is 0. The lowest BCUT2D eigenvalue weighted by atomic mass is 9.89. The van der Waals surface area contributed by atoms with Crippen LogP contribution in [-0.4, -0.2) is 19.9 Å². The van der Waals surface area contributed by atoms with Gasteiger partial charge in [-0.25, -0.2) is 9.97 Å². The average molecular weight is 811 g/mol. The maximum Gasteiger partial charge on any atom is 0.127 e. The van der Waals surface area contributed by atoms with Crippen molar-refractivity contribution >= 4 is 78.2 Å². The third-order valence-corrected chi connectivity index (χ3v) is 12.3. The fraction of sp³-hybridized carbons (Fsp3) is 0.136. The van der Waals surface area contributed by atoms with Gasteiger partial charge >= 0.3 is 0 Å². The van der Waals surface area contributed by atoms with Gasteiger partial charge in [0, 0.05) is 33.3 Å². The Balaban J connectivity index is 1.45. The van der Waals surface area contributed by atoms with Crippen molar-refractivity contribution < 1.29 is 9.47 Å². The molecule has 52 heavy (non-hydrogen) atoms. The standard InChI is InChI=1S/C44H34Br2N4O2/c1-23-24(2)30-22-52-40-12-8-6-10-28(40)42-33-15-19-37(49-33)43(45)35-17-13-31(47-35)41(32-14-18-36(48-32)44(46)38-20-16-34(42)50-38)27-9-5-7-11-39(27)51-21-29(23)25(3)26(30)4/h5-20,47,50H,21-22H2,1-4H3. The number of hydrogen-bond acceptors (Lipinski definition) is 4. The number of aromatic amines is 2. The molecule has 6 aliphatic rings. The minimum absolute atomic E-state index is 0.431. The van der Waals surface area contributed by atoms with Crippen molar-refractivity contribution in [2.45, 2.75) is 40.9 Å². The van der Waals surface area contributed by atoms with Gasteiger partial charge in [0.2, 0.25) is 0 Å². The van der Waals surface area contributed by atoms with E-state index in [9.17, 15) is 0 Å². The molecule has 3 aromatic heterocycles. The predicted molar refractivity (Wildman–Crippen MR) is 219 cm³/mol. The van der Waals surface area contributed by atoms with Crippen LogP contribution in [0.3, 0.4) is 0 Å². The van der Waals surface area contributed by atoms with Crippen molar-refractivity contribution in [3.8, 4) is 33.8 Å². The zero-order valence-electron chi connectivity index (χ0n) is 29.1. The minimum atomic E-state index is 0.431. The van der Waals surface area contributed by atoms with Gasteiger partial charge in [-0.3, -0.25) is 0 Å². The summed E-state index contributed by atoms with van der Waals surface area (Å²) in [4.78, 5) is 17.8. The molecule has 6 nitrogen and oxygen atoms in total. The number of benzene rings is 3. The molecule has 0 atom stereocenters. The van der Waals surface area contributed by atoms with E-state index >= 15 is 0 Å². The number of halogens is 2. The number of nitrogens with one attached hydrogen (secondary N) is 2. The first-order valence-corrected chi connectivity index (χ1v) is 18.8. The molecule has 256 valence electrons. The second-order valence-electron chi connectivity index (χ2n) is 13.4. The second kappa shape index (κ2) is 12.8. The fourth-order valence-corrected chi connectivity index (χ4v) is 8.41. The summed E-state index contributed by atoms with van der Waals surface area (Å²) < 4.78 is 15.3. The highest BCUT2D eigenvalue weighted by atomic mass is 79.9. The molecule has 2 N–H and O–H groups in total. The number of rotatable bonds is 0. The van der Waals surface area contributed by atoms with E-state index in [2.05, 4.69) is 142 Å². The molecule has 0 fully saturated rings. The van der Waals surface area contributed by atoms with Crippen LogP contribution in [0.1, 0.15) is 56.2 Å². The lowest BCUT2D eigenvalue weighted by Gasteiger charge is -2.22. The third-order valence-electron chi connectivity index (χ3n) is 10.6. The van der Waals surface area contributed by atoms with Crippen LogP contribution >= 0.6 is 31.9 Å². The van der Waals surface area contributed by atoms with Crippen LogP contribution in [0.5, 0.6) is 11.5 Å². The highest BCUT2D eigenvalue weighted by Crippen LogP contribution is 2.41. The molecule has 0 radical (unpaired) electrons. The second-order valence-corrected chi connectivity index (χ2v) is 15.0. The zero-order chi connectivity index (χ0) is 35.7. The predicted octanol–water partition coefficient (Wildman–Crippen LogP) is 12.2. The summed E-state index contributed by atoms with van der Waals surface area (Å²) in [6, 6.07) is 24.8. The lowest BCUT2D eigenvalue weighted by Crippen LogP contribution is -2.10. The molecule has 0 amide bonds. The number of ether oxygens (including phenoxy) is 2. The van der Waals surface area contributed by atoms with E-state index in [1.807, 2.05) is 24.3 Å². The first-order valence-electron chi connectivity index (χ1n) is 17.3. The Hall–Kier alpha value is -5.18.